The summed E-state index contributed by atoms with van der Waals surface area (Å²) in [5.41, 5.74) is 6.03. The van der Waals surface area contributed by atoms with Crippen molar-refractivity contribution in [2.75, 3.05) is 13.1 Å². The summed E-state index contributed by atoms with van der Waals surface area (Å²) in [6, 6.07) is 0. The molecule has 13 heavy (non-hydrogen) atoms. The van der Waals surface area contributed by atoms with Crippen LogP contribution in [-0.4, -0.2) is 18.1 Å². The van der Waals surface area contributed by atoms with Crippen molar-refractivity contribution in [1.29, 1.82) is 0 Å². The predicted molar refractivity (Wildman–Crippen MR) is 51.6 cm³/mol. The van der Waals surface area contributed by atoms with Crippen LogP contribution in [0.25, 0.3) is 0 Å². The maximum Gasteiger partial charge on any atom is 0.0226 e. The molecule has 2 aliphatic rings. The summed E-state index contributed by atoms with van der Waals surface area (Å²) in [7, 11) is 0. The van der Waals surface area contributed by atoms with E-state index in [1.165, 1.54) is 35.4 Å². The highest BCUT2D eigenvalue weighted by Crippen LogP contribution is 2.24. The monoisotopic (exact) mass is 177 g/mol. The molecule has 0 fully saturated rings. The molecule has 0 aliphatic carbocycles. The first-order chi connectivity index (χ1) is 6.45. The highest BCUT2D eigenvalue weighted by molar-refractivity contribution is 5.39. The molecule has 0 amide bonds. The van der Waals surface area contributed by atoms with Crippen molar-refractivity contribution in [2.24, 2.45) is 0 Å². The van der Waals surface area contributed by atoms with E-state index in [2.05, 4.69) is 15.6 Å². The third kappa shape index (κ3) is 1.11. The molecule has 3 heterocycles. The maximum absolute atomic E-state index is 3.57. The van der Waals surface area contributed by atoms with Crippen LogP contribution in [-0.2, 0) is 25.9 Å². The number of rotatable bonds is 0. The van der Waals surface area contributed by atoms with Gasteiger partial charge < -0.3 is 15.6 Å². The van der Waals surface area contributed by atoms with Gasteiger partial charge in [-0.1, -0.05) is 0 Å². The summed E-state index contributed by atoms with van der Waals surface area (Å²) in [6.07, 6.45) is 2.34. The Kier molecular flexibility index (Phi) is 1.67. The molecule has 3 N–H and O–H groups in total. The van der Waals surface area contributed by atoms with Gasteiger partial charge in [-0.2, -0.15) is 0 Å². The number of hydrogen-bond donors (Lipinski definition) is 3. The molecule has 0 radical (unpaired) electrons. The van der Waals surface area contributed by atoms with Crippen molar-refractivity contribution in [1.82, 2.24) is 15.6 Å². The number of aromatic amines is 1. The summed E-state index contributed by atoms with van der Waals surface area (Å²) >= 11 is 0. The largest absolute Gasteiger partial charge is 0.362 e. The first kappa shape index (κ1) is 7.59. The van der Waals surface area contributed by atoms with Crippen LogP contribution >= 0.6 is 0 Å². The van der Waals surface area contributed by atoms with Crippen molar-refractivity contribution < 1.29 is 0 Å². The summed E-state index contributed by atoms with van der Waals surface area (Å²) in [5.74, 6) is 0. The lowest BCUT2D eigenvalue weighted by molar-refractivity contribution is 0.616. The topological polar surface area (TPSA) is 39.9 Å². The van der Waals surface area contributed by atoms with Gasteiger partial charge in [0, 0.05) is 50.4 Å². The normalized spacial score (nSPS) is 20.9. The highest BCUT2D eigenvalue weighted by atomic mass is 14.9. The molecule has 2 aliphatic heterocycles. The van der Waals surface area contributed by atoms with Crippen molar-refractivity contribution >= 4 is 0 Å². The van der Waals surface area contributed by atoms with E-state index in [1.807, 2.05) is 0 Å². The Balaban J connectivity index is 2.09. The number of hydrogen-bond acceptors (Lipinski definition) is 2. The molecule has 0 saturated carbocycles. The summed E-state index contributed by atoms with van der Waals surface area (Å²) in [4.78, 5) is 3.57. The van der Waals surface area contributed by atoms with E-state index in [0.717, 1.165) is 26.2 Å². The Morgan fingerprint density at radius 2 is 1.31 bits per heavy atom. The molecule has 3 nitrogen and oxygen atoms in total. The average Bonchev–Trinajstić information content (AvgIpc) is 2.56. The van der Waals surface area contributed by atoms with E-state index < -0.39 is 0 Å². The molecule has 3 heteroatoms. The lowest BCUT2D eigenvalue weighted by Crippen LogP contribution is -2.26. The average molecular weight is 177 g/mol. The Morgan fingerprint density at radius 1 is 0.769 bits per heavy atom. The lowest BCUT2D eigenvalue weighted by atomic mass is 10.0. The maximum atomic E-state index is 3.57. The fourth-order valence-corrected chi connectivity index (χ4v) is 2.40. The van der Waals surface area contributed by atoms with E-state index in [0.29, 0.717) is 0 Å². The SMILES string of the molecule is C1Cc2[nH]c3c(c2CN1)CNCC3. The van der Waals surface area contributed by atoms with Gasteiger partial charge in [0.15, 0.2) is 0 Å². The fraction of sp³-hybridized carbons (Fsp3) is 0.600. The second-order valence-corrected chi connectivity index (χ2v) is 3.89. The van der Waals surface area contributed by atoms with Gasteiger partial charge in [0.05, 0.1) is 0 Å². The fourth-order valence-electron chi connectivity index (χ4n) is 2.40. The Morgan fingerprint density at radius 3 is 1.85 bits per heavy atom. The van der Waals surface area contributed by atoms with E-state index in [4.69, 9.17) is 0 Å². The van der Waals surface area contributed by atoms with E-state index in [9.17, 15) is 0 Å². The van der Waals surface area contributed by atoms with Crippen LogP contribution in [0, 0.1) is 0 Å². The number of aromatic nitrogens is 1. The third-order valence-electron chi connectivity index (χ3n) is 3.10. The summed E-state index contributed by atoms with van der Waals surface area (Å²) < 4.78 is 0. The van der Waals surface area contributed by atoms with Gasteiger partial charge in [0.2, 0.25) is 0 Å². The molecule has 0 aromatic carbocycles. The molecule has 0 unspecified atom stereocenters. The zero-order valence-electron chi connectivity index (χ0n) is 7.74. The van der Waals surface area contributed by atoms with Gasteiger partial charge in [-0.15, -0.1) is 0 Å². The molecule has 1 aromatic rings. The Hall–Kier alpha value is -0.800. The van der Waals surface area contributed by atoms with E-state index >= 15 is 0 Å². The summed E-state index contributed by atoms with van der Waals surface area (Å²) in [6.45, 7) is 4.37. The van der Waals surface area contributed by atoms with Gasteiger partial charge in [-0.05, 0) is 11.1 Å². The minimum absolute atomic E-state index is 1.06. The molecule has 0 spiro atoms. The second-order valence-electron chi connectivity index (χ2n) is 3.89. The van der Waals surface area contributed by atoms with Crippen LogP contribution in [0.4, 0.5) is 0 Å². The van der Waals surface area contributed by atoms with E-state index in [1.54, 1.807) is 0 Å². The molecule has 70 valence electrons. The zero-order valence-corrected chi connectivity index (χ0v) is 7.74. The quantitative estimate of drug-likeness (QED) is 0.533. The van der Waals surface area contributed by atoms with Crippen LogP contribution in [0.3, 0.4) is 0 Å². The van der Waals surface area contributed by atoms with Gasteiger partial charge in [-0.25, -0.2) is 0 Å². The molecule has 1 aromatic heterocycles. The van der Waals surface area contributed by atoms with Crippen LogP contribution in [0.15, 0.2) is 0 Å². The smallest absolute Gasteiger partial charge is 0.0226 e. The Bertz CT molecular complexity index is 297. The molecule has 3 rings (SSSR count). The molecule has 0 bridgehead atoms. The third-order valence-corrected chi connectivity index (χ3v) is 3.10. The van der Waals surface area contributed by atoms with Gasteiger partial charge in [-0.3, -0.25) is 0 Å². The first-order valence-corrected chi connectivity index (χ1v) is 5.08. The highest BCUT2D eigenvalue weighted by Gasteiger charge is 2.20. The predicted octanol–water partition coefficient (Wildman–Crippen LogP) is 0.306. The minimum atomic E-state index is 1.06. The zero-order chi connectivity index (χ0) is 8.67. The summed E-state index contributed by atoms with van der Waals surface area (Å²) in [5, 5.41) is 6.86. The van der Waals surface area contributed by atoms with Crippen LogP contribution < -0.4 is 10.6 Å². The van der Waals surface area contributed by atoms with Gasteiger partial charge in [0.25, 0.3) is 0 Å². The van der Waals surface area contributed by atoms with Crippen molar-refractivity contribution in [3.8, 4) is 0 Å². The number of nitrogens with one attached hydrogen (secondary N) is 3. The van der Waals surface area contributed by atoms with Gasteiger partial charge >= 0.3 is 0 Å². The molecule has 0 atom stereocenters. The Labute approximate surface area is 77.9 Å². The standard InChI is InChI=1S/C10H15N3/c1-3-11-5-7-8-6-12-4-2-10(8)13-9(1)7/h11-13H,1-6H2. The van der Waals surface area contributed by atoms with Crippen LogP contribution in [0.5, 0.6) is 0 Å². The minimum Gasteiger partial charge on any atom is -0.362 e. The first-order valence-electron chi connectivity index (χ1n) is 5.08. The second kappa shape index (κ2) is 2.86. The number of fused-ring (bicyclic) bond motifs is 3. The molecular weight excluding hydrogens is 162 g/mol. The number of H-pyrrole nitrogens is 1. The van der Waals surface area contributed by atoms with Gasteiger partial charge in [0.1, 0.15) is 0 Å². The van der Waals surface area contributed by atoms with E-state index in [-0.39, 0.29) is 0 Å². The van der Waals surface area contributed by atoms with Crippen molar-refractivity contribution in [2.45, 2.75) is 25.9 Å². The lowest BCUT2D eigenvalue weighted by Gasteiger charge is -2.16. The van der Waals surface area contributed by atoms with Crippen LogP contribution in [0.2, 0.25) is 0 Å². The van der Waals surface area contributed by atoms with Crippen molar-refractivity contribution in [3.05, 3.63) is 22.5 Å². The van der Waals surface area contributed by atoms with Crippen molar-refractivity contribution in [3.63, 3.8) is 0 Å². The molecule has 0 saturated heterocycles. The van der Waals surface area contributed by atoms with Crippen LogP contribution in [0.1, 0.15) is 22.5 Å². The molecular formula is C10H15N3.